The number of fused-ring (bicyclic) bond motifs is 1. The van der Waals surface area contributed by atoms with Crippen LogP contribution in [0.5, 0.6) is 0 Å². The molecular weight excluding hydrogens is 338 g/mol. The monoisotopic (exact) mass is 348 g/mol. The lowest BCUT2D eigenvalue weighted by atomic mass is 10.1. The van der Waals surface area contributed by atoms with Gasteiger partial charge in [-0.15, -0.1) is 0 Å². The second-order valence-corrected chi connectivity index (χ2v) is 5.64. The number of H-pyrrole nitrogens is 1. The van der Waals surface area contributed by atoms with Crippen LogP contribution in [-0.4, -0.2) is 10.8 Å². The molecule has 24 heavy (non-hydrogen) atoms. The van der Waals surface area contributed by atoms with E-state index in [0.29, 0.717) is 16.8 Å². The number of nitrogens with one attached hydrogen (secondary N) is 2. The number of halogens is 3. The number of aromatic nitrogens is 1. The van der Waals surface area contributed by atoms with E-state index >= 15 is 0 Å². The predicted molar refractivity (Wildman–Crippen MR) is 89.2 cm³/mol. The van der Waals surface area contributed by atoms with E-state index in [1.54, 1.807) is 24.3 Å². The Hall–Kier alpha value is -2.73. The molecule has 0 radical (unpaired) electrons. The molecule has 0 amide bonds. The van der Waals surface area contributed by atoms with Gasteiger partial charge in [-0.3, -0.25) is 9.59 Å². The number of pyridine rings is 1. The summed E-state index contributed by atoms with van der Waals surface area (Å²) in [4.78, 5) is 27.1. The van der Waals surface area contributed by atoms with E-state index in [-0.39, 0.29) is 22.3 Å². The number of benzene rings is 2. The van der Waals surface area contributed by atoms with Crippen LogP contribution < -0.4 is 10.7 Å². The number of anilines is 2. The van der Waals surface area contributed by atoms with Gasteiger partial charge in [-0.25, -0.2) is 8.78 Å². The lowest BCUT2D eigenvalue weighted by Crippen LogP contribution is -2.18. The van der Waals surface area contributed by atoms with Gasteiger partial charge in [0, 0.05) is 16.8 Å². The normalized spacial score (nSPS) is 10.8. The molecule has 122 valence electrons. The van der Waals surface area contributed by atoms with Crippen molar-refractivity contribution < 1.29 is 13.6 Å². The van der Waals surface area contributed by atoms with E-state index in [2.05, 4.69) is 10.3 Å². The second-order valence-electron chi connectivity index (χ2n) is 5.20. The summed E-state index contributed by atoms with van der Waals surface area (Å²) in [6.07, 6.45) is 0. The Bertz CT molecular complexity index is 1010. The maximum absolute atomic E-state index is 14.0. The molecule has 2 aromatic carbocycles. The molecule has 0 fully saturated rings. The fourth-order valence-electron chi connectivity index (χ4n) is 2.42. The third-order valence-electron chi connectivity index (χ3n) is 3.49. The smallest absolute Gasteiger partial charge is 0.202 e. The fraction of sp³-hybridized carbons (Fsp3) is 0.0588. The van der Waals surface area contributed by atoms with Crippen LogP contribution in [0.25, 0.3) is 10.9 Å². The minimum Gasteiger partial charge on any atom is -0.341 e. The summed E-state index contributed by atoms with van der Waals surface area (Å²) in [5, 5.41) is 3.15. The molecule has 0 bridgehead atoms. The van der Waals surface area contributed by atoms with Crippen molar-refractivity contribution in [1.29, 1.82) is 0 Å². The molecule has 0 aliphatic rings. The summed E-state index contributed by atoms with van der Waals surface area (Å²) in [6, 6.07) is 8.07. The van der Waals surface area contributed by atoms with Gasteiger partial charge in [0.05, 0.1) is 10.9 Å². The number of carbonyl (C=O) groups excluding carboxylic acids is 1. The number of hydrogen-bond acceptors (Lipinski definition) is 3. The van der Waals surface area contributed by atoms with Crippen LogP contribution in [-0.2, 0) is 0 Å². The van der Waals surface area contributed by atoms with Crippen molar-refractivity contribution in [2.24, 2.45) is 0 Å². The average Bonchev–Trinajstić information content (AvgIpc) is 2.50. The van der Waals surface area contributed by atoms with Gasteiger partial charge < -0.3 is 10.3 Å². The van der Waals surface area contributed by atoms with Gasteiger partial charge in [-0.1, -0.05) is 11.6 Å². The van der Waals surface area contributed by atoms with Crippen LogP contribution in [0.15, 0.2) is 41.2 Å². The lowest BCUT2D eigenvalue weighted by molar-refractivity contribution is 0.101. The average molecular weight is 349 g/mol. The minimum absolute atomic E-state index is 0.0350. The summed E-state index contributed by atoms with van der Waals surface area (Å²) in [7, 11) is 0. The van der Waals surface area contributed by atoms with E-state index < -0.39 is 22.8 Å². The van der Waals surface area contributed by atoms with Gasteiger partial charge in [0.1, 0.15) is 23.0 Å². The first-order valence-electron chi connectivity index (χ1n) is 6.95. The van der Waals surface area contributed by atoms with E-state index in [1.165, 1.54) is 6.92 Å². The first-order chi connectivity index (χ1) is 11.4. The zero-order valence-corrected chi connectivity index (χ0v) is 13.2. The Morgan fingerprint density at radius 1 is 1.17 bits per heavy atom. The van der Waals surface area contributed by atoms with Crippen LogP contribution in [0.3, 0.4) is 0 Å². The first kappa shape index (κ1) is 16.1. The molecule has 3 aromatic rings. The van der Waals surface area contributed by atoms with Crippen molar-refractivity contribution in [2.45, 2.75) is 6.92 Å². The topological polar surface area (TPSA) is 62.0 Å². The largest absolute Gasteiger partial charge is 0.341 e. The maximum Gasteiger partial charge on any atom is 0.202 e. The summed E-state index contributed by atoms with van der Waals surface area (Å²) in [5.74, 6) is -2.30. The van der Waals surface area contributed by atoms with Gasteiger partial charge in [0.2, 0.25) is 5.43 Å². The lowest BCUT2D eigenvalue weighted by Gasteiger charge is -2.12. The molecule has 7 heteroatoms. The number of hydrogen-bond donors (Lipinski definition) is 2. The van der Waals surface area contributed by atoms with E-state index in [4.69, 9.17) is 11.6 Å². The predicted octanol–water partition coefficient (Wildman–Crippen LogP) is 4.41. The van der Waals surface area contributed by atoms with Gasteiger partial charge in [-0.05, 0) is 37.3 Å². The van der Waals surface area contributed by atoms with Crippen LogP contribution in [0.1, 0.15) is 17.3 Å². The Morgan fingerprint density at radius 3 is 2.46 bits per heavy atom. The molecule has 2 N–H and O–H groups in total. The third kappa shape index (κ3) is 2.88. The highest BCUT2D eigenvalue weighted by atomic mass is 35.5. The Morgan fingerprint density at radius 2 is 1.83 bits per heavy atom. The number of Topliss-reactive ketones (excluding diaryl/α,β-unsaturated/α-hetero) is 1. The molecule has 1 aromatic heterocycles. The fourth-order valence-corrected chi connectivity index (χ4v) is 2.55. The Kier molecular flexibility index (Phi) is 4.07. The molecule has 3 rings (SSSR count). The van der Waals surface area contributed by atoms with E-state index in [9.17, 15) is 18.4 Å². The molecular formula is C17H11ClF2N2O2. The standard InChI is InChI=1S/C17H11ClF2N2O2/c1-8(23)14-16(24)12-6-10(19)7-13(20)15(12)22-17(14)21-11-4-2-9(18)3-5-11/h2-7H,1H3,(H2,21,22,24). The summed E-state index contributed by atoms with van der Waals surface area (Å²) in [6.45, 7) is 1.21. The molecule has 0 unspecified atom stereocenters. The van der Waals surface area contributed by atoms with Crippen LogP contribution in [0.4, 0.5) is 20.3 Å². The van der Waals surface area contributed by atoms with Crippen molar-refractivity contribution in [3.63, 3.8) is 0 Å². The molecule has 0 saturated carbocycles. The van der Waals surface area contributed by atoms with Crippen molar-refractivity contribution in [3.8, 4) is 0 Å². The maximum atomic E-state index is 14.0. The first-order valence-corrected chi connectivity index (χ1v) is 7.33. The number of aromatic amines is 1. The van der Waals surface area contributed by atoms with Crippen LogP contribution >= 0.6 is 11.6 Å². The van der Waals surface area contributed by atoms with Crippen molar-refractivity contribution in [1.82, 2.24) is 4.98 Å². The van der Waals surface area contributed by atoms with Gasteiger partial charge in [0.15, 0.2) is 5.78 Å². The zero-order valence-electron chi connectivity index (χ0n) is 12.4. The van der Waals surface area contributed by atoms with Gasteiger partial charge in [0.25, 0.3) is 0 Å². The molecule has 0 saturated heterocycles. The second kappa shape index (κ2) is 6.05. The highest BCUT2D eigenvalue weighted by Crippen LogP contribution is 2.24. The number of rotatable bonds is 3. The highest BCUT2D eigenvalue weighted by Gasteiger charge is 2.18. The molecule has 0 aliphatic carbocycles. The van der Waals surface area contributed by atoms with Crippen molar-refractivity contribution >= 4 is 39.8 Å². The van der Waals surface area contributed by atoms with Crippen LogP contribution in [0, 0.1) is 11.6 Å². The van der Waals surface area contributed by atoms with E-state index in [0.717, 1.165) is 6.07 Å². The van der Waals surface area contributed by atoms with Gasteiger partial charge >= 0.3 is 0 Å². The van der Waals surface area contributed by atoms with E-state index in [1.807, 2.05) is 0 Å². The van der Waals surface area contributed by atoms with Crippen molar-refractivity contribution in [2.75, 3.05) is 5.32 Å². The molecule has 1 heterocycles. The molecule has 0 spiro atoms. The Balaban J connectivity index is 2.26. The number of carbonyl (C=O) groups is 1. The molecule has 0 atom stereocenters. The Labute approximate surface area is 140 Å². The molecule has 0 aliphatic heterocycles. The summed E-state index contributed by atoms with van der Waals surface area (Å²) in [5.41, 5.74) is -0.587. The quantitative estimate of drug-likeness (QED) is 0.689. The third-order valence-corrected chi connectivity index (χ3v) is 3.74. The number of ketones is 1. The summed E-state index contributed by atoms with van der Waals surface area (Å²) >= 11 is 5.81. The van der Waals surface area contributed by atoms with Crippen molar-refractivity contribution in [3.05, 3.63) is 68.8 Å². The van der Waals surface area contributed by atoms with Gasteiger partial charge in [-0.2, -0.15) is 0 Å². The summed E-state index contributed by atoms with van der Waals surface area (Å²) < 4.78 is 27.4. The SMILES string of the molecule is CC(=O)c1c(Nc2ccc(Cl)cc2)[nH]c2c(F)cc(F)cc2c1=O. The van der Waals surface area contributed by atoms with Crippen LogP contribution in [0.2, 0.25) is 5.02 Å². The minimum atomic E-state index is -0.920. The zero-order chi connectivity index (χ0) is 17.4. The highest BCUT2D eigenvalue weighted by molar-refractivity contribution is 6.30. The molecule has 4 nitrogen and oxygen atoms in total.